The van der Waals surface area contributed by atoms with Crippen molar-refractivity contribution in [1.29, 1.82) is 0 Å². The summed E-state index contributed by atoms with van der Waals surface area (Å²) >= 11 is 4.63. The standard InChI is InChI=1S/C12H16O4S/c1-14-9-6-8(4-5-11(13)17)7-10(15-2)12(9)16-3/h6-7H,4-5H2,1-3H3,(H,13,17). The lowest BCUT2D eigenvalue weighted by atomic mass is 10.1. The fraction of sp³-hybridized carbons (Fsp3) is 0.417. The fourth-order valence-electron chi connectivity index (χ4n) is 1.53. The van der Waals surface area contributed by atoms with Crippen molar-refractivity contribution in [3.63, 3.8) is 0 Å². The van der Waals surface area contributed by atoms with Gasteiger partial charge in [-0.2, -0.15) is 0 Å². The summed E-state index contributed by atoms with van der Waals surface area (Å²) in [5.74, 6) is 1.77. The van der Waals surface area contributed by atoms with Gasteiger partial charge in [-0.25, -0.2) is 0 Å². The lowest BCUT2D eigenvalue weighted by molar-refractivity contribution is 0.324. The first-order valence-electron chi connectivity index (χ1n) is 5.13. The van der Waals surface area contributed by atoms with Crippen molar-refractivity contribution >= 4 is 17.3 Å². The Labute approximate surface area is 106 Å². The van der Waals surface area contributed by atoms with Crippen molar-refractivity contribution in [1.82, 2.24) is 0 Å². The second-order valence-corrected chi connectivity index (χ2v) is 3.90. The van der Waals surface area contributed by atoms with Gasteiger partial charge in [-0.15, -0.1) is 0 Å². The fourth-order valence-corrected chi connectivity index (χ4v) is 1.63. The smallest absolute Gasteiger partial charge is 0.203 e. The van der Waals surface area contributed by atoms with Crippen LogP contribution in [0.3, 0.4) is 0 Å². The summed E-state index contributed by atoms with van der Waals surface area (Å²) < 4.78 is 15.7. The Balaban J connectivity index is 3.04. The quantitative estimate of drug-likeness (QED) is 0.792. The summed E-state index contributed by atoms with van der Waals surface area (Å²) in [5, 5.41) is 9.01. The molecule has 0 unspecified atom stereocenters. The number of methoxy groups -OCH3 is 3. The minimum atomic E-state index is -0.00116. The Morgan fingerprint density at radius 3 is 2.00 bits per heavy atom. The van der Waals surface area contributed by atoms with Crippen LogP contribution in [0.15, 0.2) is 12.1 Å². The van der Waals surface area contributed by atoms with Gasteiger partial charge in [-0.1, -0.05) is 0 Å². The van der Waals surface area contributed by atoms with Gasteiger partial charge in [0.05, 0.1) is 21.3 Å². The number of benzene rings is 1. The second-order valence-electron chi connectivity index (χ2n) is 3.43. The van der Waals surface area contributed by atoms with E-state index in [1.807, 2.05) is 12.1 Å². The molecule has 94 valence electrons. The number of aliphatic hydroxyl groups excluding tert-OH is 1. The van der Waals surface area contributed by atoms with E-state index in [4.69, 9.17) is 19.3 Å². The van der Waals surface area contributed by atoms with Crippen LogP contribution in [-0.2, 0) is 6.42 Å². The van der Waals surface area contributed by atoms with Crippen molar-refractivity contribution in [3.05, 3.63) is 17.7 Å². The summed E-state index contributed by atoms with van der Waals surface area (Å²) in [6, 6.07) is 3.69. The molecular formula is C12H16O4S. The molecule has 0 aliphatic heterocycles. The van der Waals surface area contributed by atoms with Gasteiger partial charge in [0.15, 0.2) is 16.5 Å². The Kier molecular flexibility index (Phi) is 5.03. The van der Waals surface area contributed by atoms with Crippen LogP contribution in [0.1, 0.15) is 12.0 Å². The highest BCUT2D eigenvalue weighted by Crippen LogP contribution is 2.38. The SMILES string of the molecule is COc1cc(CCC(O)=S)cc(OC)c1OC. The molecule has 0 atom stereocenters. The zero-order chi connectivity index (χ0) is 12.8. The topological polar surface area (TPSA) is 47.9 Å². The zero-order valence-electron chi connectivity index (χ0n) is 10.1. The largest absolute Gasteiger partial charge is 0.502 e. The highest BCUT2D eigenvalue weighted by molar-refractivity contribution is 7.80. The molecular weight excluding hydrogens is 240 g/mol. The average Bonchev–Trinajstić information content (AvgIpc) is 2.34. The third kappa shape index (κ3) is 3.49. The minimum Gasteiger partial charge on any atom is -0.502 e. The number of hydrogen-bond acceptors (Lipinski definition) is 4. The van der Waals surface area contributed by atoms with Crippen molar-refractivity contribution in [2.24, 2.45) is 0 Å². The summed E-state index contributed by atoms with van der Waals surface area (Å²) in [4.78, 5) is 0. The first kappa shape index (κ1) is 13.6. The van der Waals surface area contributed by atoms with Gasteiger partial charge in [0, 0.05) is 6.42 Å². The molecule has 5 heteroatoms. The van der Waals surface area contributed by atoms with Crippen molar-refractivity contribution in [2.45, 2.75) is 12.8 Å². The van der Waals surface area contributed by atoms with E-state index >= 15 is 0 Å². The van der Waals surface area contributed by atoms with E-state index in [1.54, 1.807) is 21.3 Å². The first-order valence-corrected chi connectivity index (χ1v) is 5.53. The molecule has 1 aromatic carbocycles. The molecule has 0 fully saturated rings. The molecule has 17 heavy (non-hydrogen) atoms. The van der Waals surface area contributed by atoms with Crippen LogP contribution in [0.5, 0.6) is 17.2 Å². The van der Waals surface area contributed by atoms with Crippen LogP contribution in [0.2, 0.25) is 0 Å². The van der Waals surface area contributed by atoms with E-state index in [2.05, 4.69) is 12.2 Å². The Bertz CT molecular complexity index is 378. The maximum absolute atomic E-state index is 9.01. The number of rotatable bonds is 6. The molecule has 0 aliphatic carbocycles. The molecule has 0 saturated carbocycles. The number of thiocarbonyl (C=S) groups is 1. The molecule has 0 aromatic heterocycles. The molecule has 1 N–H and O–H groups in total. The third-order valence-corrected chi connectivity index (χ3v) is 2.56. The Morgan fingerprint density at radius 2 is 1.65 bits per heavy atom. The van der Waals surface area contributed by atoms with Crippen LogP contribution < -0.4 is 14.2 Å². The van der Waals surface area contributed by atoms with Gasteiger partial charge in [0.25, 0.3) is 0 Å². The highest BCUT2D eigenvalue weighted by atomic mass is 32.1. The predicted molar refractivity (Wildman–Crippen MR) is 69.6 cm³/mol. The number of aliphatic hydroxyl groups is 1. The van der Waals surface area contributed by atoms with Gasteiger partial charge in [0.2, 0.25) is 5.75 Å². The molecule has 0 amide bonds. The summed E-state index contributed by atoms with van der Waals surface area (Å²) in [6.07, 6.45) is 1.07. The van der Waals surface area contributed by atoms with E-state index in [0.717, 1.165) is 5.56 Å². The molecule has 0 aliphatic rings. The van der Waals surface area contributed by atoms with Gasteiger partial charge in [0.1, 0.15) is 0 Å². The van der Waals surface area contributed by atoms with Gasteiger partial charge in [-0.3, -0.25) is 0 Å². The number of hydrogen-bond donors (Lipinski definition) is 1. The van der Waals surface area contributed by atoms with Crippen LogP contribution in [0.4, 0.5) is 0 Å². The van der Waals surface area contributed by atoms with E-state index in [9.17, 15) is 0 Å². The lowest BCUT2D eigenvalue weighted by Gasteiger charge is -2.13. The molecule has 1 rings (SSSR count). The van der Waals surface area contributed by atoms with E-state index in [0.29, 0.717) is 30.1 Å². The second kappa shape index (κ2) is 6.30. The molecule has 0 radical (unpaired) electrons. The van der Waals surface area contributed by atoms with Crippen LogP contribution in [0.25, 0.3) is 0 Å². The Hall–Kier alpha value is -1.49. The minimum absolute atomic E-state index is 0.00116. The van der Waals surface area contributed by atoms with Crippen molar-refractivity contribution in [2.75, 3.05) is 21.3 Å². The predicted octanol–water partition coefficient (Wildman–Crippen LogP) is 2.53. The molecule has 0 bridgehead atoms. The van der Waals surface area contributed by atoms with Crippen LogP contribution in [0, 0.1) is 0 Å². The summed E-state index contributed by atoms with van der Waals surface area (Å²) in [6.45, 7) is 0. The Morgan fingerprint density at radius 1 is 1.12 bits per heavy atom. The first-order chi connectivity index (χ1) is 8.12. The van der Waals surface area contributed by atoms with Gasteiger partial charge in [-0.05, 0) is 36.3 Å². The van der Waals surface area contributed by atoms with Crippen molar-refractivity contribution < 1.29 is 19.3 Å². The maximum atomic E-state index is 9.01. The summed E-state index contributed by atoms with van der Waals surface area (Å²) in [5.41, 5.74) is 0.968. The van der Waals surface area contributed by atoms with Crippen LogP contribution in [-0.4, -0.2) is 31.5 Å². The van der Waals surface area contributed by atoms with E-state index < -0.39 is 0 Å². The molecule has 0 saturated heterocycles. The molecule has 0 spiro atoms. The number of aryl methyl sites for hydroxylation is 1. The van der Waals surface area contributed by atoms with Crippen LogP contribution >= 0.6 is 12.2 Å². The lowest BCUT2D eigenvalue weighted by Crippen LogP contribution is -1.99. The van der Waals surface area contributed by atoms with Gasteiger partial charge >= 0.3 is 0 Å². The molecule has 0 heterocycles. The van der Waals surface area contributed by atoms with E-state index in [-0.39, 0.29) is 5.05 Å². The summed E-state index contributed by atoms with van der Waals surface area (Å²) in [7, 11) is 4.69. The normalized spacial score (nSPS) is 9.82. The maximum Gasteiger partial charge on any atom is 0.203 e. The molecule has 1 aromatic rings. The third-order valence-electron chi connectivity index (χ3n) is 2.35. The zero-order valence-corrected chi connectivity index (χ0v) is 11.0. The molecule has 4 nitrogen and oxygen atoms in total. The number of ether oxygens (including phenoxy) is 3. The van der Waals surface area contributed by atoms with Gasteiger partial charge < -0.3 is 19.3 Å². The highest BCUT2D eigenvalue weighted by Gasteiger charge is 2.13. The average molecular weight is 256 g/mol. The monoisotopic (exact) mass is 256 g/mol. The van der Waals surface area contributed by atoms with Crippen molar-refractivity contribution in [3.8, 4) is 17.2 Å². The van der Waals surface area contributed by atoms with E-state index in [1.165, 1.54) is 0 Å².